The van der Waals surface area contributed by atoms with Crippen LogP contribution in [0.4, 0.5) is 0 Å². The molecule has 0 aromatic carbocycles. The van der Waals surface area contributed by atoms with Crippen LogP contribution >= 0.6 is 0 Å². The van der Waals surface area contributed by atoms with Crippen molar-refractivity contribution in [1.82, 2.24) is 4.90 Å². The van der Waals surface area contributed by atoms with E-state index < -0.39 is 17.6 Å². The molecule has 7 heteroatoms. The summed E-state index contributed by atoms with van der Waals surface area (Å²) >= 11 is 0. The average Bonchev–Trinajstić information content (AvgIpc) is 2.81. The highest BCUT2D eigenvalue weighted by molar-refractivity contribution is 5.99. The molecule has 0 aromatic heterocycles. The number of ketones is 2. The van der Waals surface area contributed by atoms with Gasteiger partial charge in [0.15, 0.2) is 5.78 Å². The normalized spacial score (nSPS) is 15.9. The minimum atomic E-state index is -0.619. The van der Waals surface area contributed by atoms with Gasteiger partial charge in [0, 0.05) is 25.0 Å². The predicted molar refractivity (Wildman–Crippen MR) is 100 cm³/mol. The highest BCUT2D eigenvalue weighted by Crippen LogP contribution is 2.24. The van der Waals surface area contributed by atoms with Gasteiger partial charge in [-0.3, -0.25) is 14.4 Å². The number of nitrogens with zero attached hydrogens (tertiary/aromatic N) is 1. The van der Waals surface area contributed by atoms with Crippen molar-refractivity contribution in [1.29, 1.82) is 0 Å². The Hall–Kier alpha value is -2.02. The zero-order valence-electron chi connectivity index (χ0n) is 17.2. The Morgan fingerprint density at radius 3 is 2.37 bits per heavy atom. The molecule has 1 amide bonds. The van der Waals surface area contributed by atoms with Crippen LogP contribution in [0.5, 0.6) is 0 Å². The number of amides is 1. The van der Waals surface area contributed by atoms with Crippen LogP contribution in [0.1, 0.15) is 60.8 Å². The minimum absolute atomic E-state index is 0.0681. The third-order valence-electron chi connectivity index (χ3n) is 4.33. The van der Waals surface area contributed by atoms with Crippen LogP contribution in [-0.4, -0.2) is 59.7 Å². The Morgan fingerprint density at radius 2 is 1.85 bits per heavy atom. The summed E-state index contributed by atoms with van der Waals surface area (Å²) in [5.74, 6) is -0.772. The number of ether oxygens (including phenoxy) is 2. The van der Waals surface area contributed by atoms with E-state index in [4.69, 9.17) is 9.47 Å². The summed E-state index contributed by atoms with van der Waals surface area (Å²) in [5, 5.41) is 0. The van der Waals surface area contributed by atoms with Crippen LogP contribution in [0.25, 0.3) is 0 Å². The van der Waals surface area contributed by atoms with Crippen molar-refractivity contribution in [3.63, 3.8) is 0 Å². The molecule has 0 saturated heterocycles. The highest BCUT2D eigenvalue weighted by Gasteiger charge is 2.35. The summed E-state index contributed by atoms with van der Waals surface area (Å²) in [6.07, 6.45) is 1.01. The first-order chi connectivity index (χ1) is 12.5. The maximum Gasteiger partial charge on any atom is 0.332 e. The Kier molecular flexibility index (Phi) is 8.34. The van der Waals surface area contributed by atoms with Crippen LogP contribution in [0, 0.1) is 0 Å². The van der Waals surface area contributed by atoms with Gasteiger partial charge in [-0.1, -0.05) is 6.92 Å². The first kappa shape index (κ1) is 23.0. The van der Waals surface area contributed by atoms with E-state index in [0.29, 0.717) is 18.4 Å². The Morgan fingerprint density at radius 1 is 1.22 bits per heavy atom. The van der Waals surface area contributed by atoms with Gasteiger partial charge in [0.1, 0.15) is 18.0 Å². The van der Waals surface area contributed by atoms with Crippen LogP contribution in [0.15, 0.2) is 11.1 Å². The van der Waals surface area contributed by atoms with Gasteiger partial charge in [0.05, 0.1) is 12.6 Å². The monoisotopic (exact) mass is 381 g/mol. The SMILES string of the molecule is CCC(=O)CCC(C(C)=O)N1CC(COCC(=O)OC(C)(C)C)=C(C)C1=O. The summed E-state index contributed by atoms with van der Waals surface area (Å²) in [6, 6.07) is -0.619. The maximum absolute atomic E-state index is 12.5. The van der Waals surface area contributed by atoms with E-state index in [9.17, 15) is 19.2 Å². The minimum Gasteiger partial charge on any atom is -0.458 e. The summed E-state index contributed by atoms with van der Waals surface area (Å²) in [6.45, 7) is 10.4. The fourth-order valence-corrected chi connectivity index (χ4v) is 2.85. The van der Waals surface area contributed by atoms with Crippen molar-refractivity contribution in [2.45, 2.75) is 72.4 Å². The van der Waals surface area contributed by atoms with Crippen molar-refractivity contribution in [2.75, 3.05) is 19.8 Å². The van der Waals surface area contributed by atoms with E-state index >= 15 is 0 Å². The van der Waals surface area contributed by atoms with Crippen LogP contribution in [-0.2, 0) is 28.7 Å². The van der Waals surface area contributed by atoms with E-state index in [1.807, 2.05) is 0 Å². The molecular formula is C20H31NO6. The molecule has 0 aliphatic carbocycles. The standard InChI is InChI=1S/C20H31NO6/c1-7-16(23)8-9-17(14(3)22)21-10-15(13(2)19(21)25)11-26-12-18(24)27-20(4,5)6/h17H,7-12H2,1-6H3. The molecular weight excluding hydrogens is 350 g/mol. The second kappa shape index (κ2) is 9.78. The van der Waals surface area contributed by atoms with Crippen LogP contribution < -0.4 is 0 Å². The molecule has 1 heterocycles. The van der Waals surface area contributed by atoms with Gasteiger partial charge in [0.25, 0.3) is 5.91 Å². The first-order valence-corrected chi connectivity index (χ1v) is 9.27. The quantitative estimate of drug-likeness (QED) is 0.539. The maximum atomic E-state index is 12.5. The molecule has 0 saturated carbocycles. The number of carbonyl (C=O) groups is 4. The number of hydrogen-bond acceptors (Lipinski definition) is 6. The second-order valence-corrected chi connectivity index (χ2v) is 7.80. The van der Waals surface area contributed by atoms with Crippen molar-refractivity contribution < 1.29 is 28.7 Å². The zero-order chi connectivity index (χ0) is 20.8. The van der Waals surface area contributed by atoms with Crippen molar-refractivity contribution in [3.05, 3.63) is 11.1 Å². The molecule has 7 nitrogen and oxygen atoms in total. The Bertz CT molecular complexity index is 629. The van der Waals surface area contributed by atoms with E-state index in [-0.39, 0.29) is 43.7 Å². The second-order valence-electron chi connectivity index (χ2n) is 7.80. The number of rotatable bonds is 10. The molecule has 0 spiro atoms. The van der Waals surface area contributed by atoms with Crippen LogP contribution in [0.3, 0.4) is 0 Å². The lowest BCUT2D eigenvalue weighted by atomic mass is 10.0. The van der Waals surface area contributed by atoms with Gasteiger partial charge < -0.3 is 14.4 Å². The molecule has 1 aliphatic rings. The number of esters is 1. The van der Waals surface area contributed by atoms with Crippen molar-refractivity contribution in [3.8, 4) is 0 Å². The first-order valence-electron chi connectivity index (χ1n) is 9.27. The molecule has 0 bridgehead atoms. The fraction of sp³-hybridized carbons (Fsp3) is 0.700. The molecule has 152 valence electrons. The summed E-state index contributed by atoms with van der Waals surface area (Å²) in [5.41, 5.74) is 0.671. The van der Waals surface area contributed by atoms with Crippen LogP contribution in [0.2, 0.25) is 0 Å². The topological polar surface area (TPSA) is 90.0 Å². The molecule has 0 radical (unpaired) electrons. The molecule has 1 rings (SSSR count). The fourth-order valence-electron chi connectivity index (χ4n) is 2.85. The predicted octanol–water partition coefficient (Wildman–Crippen LogP) is 2.22. The smallest absolute Gasteiger partial charge is 0.332 e. The number of hydrogen-bond donors (Lipinski definition) is 0. The van der Waals surface area contributed by atoms with E-state index in [2.05, 4.69) is 0 Å². The molecule has 27 heavy (non-hydrogen) atoms. The third kappa shape index (κ3) is 7.25. The summed E-state index contributed by atoms with van der Waals surface area (Å²) < 4.78 is 10.6. The molecule has 0 aromatic rings. The van der Waals surface area contributed by atoms with Crippen molar-refractivity contribution >= 4 is 23.4 Å². The number of carbonyl (C=O) groups excluding carboxylic acids is 4. The summed E-state index contributed by atoms with van der Waals surface area (Å²) in [7, 11) is 0. The largest absolute Gasteiger partial charge is 0.458 e. The van der Waals surface area contributed by atoms with Gasteiger partial charge >= 0.3 is 5.97 Å². The highest BCUT2D eigenvalue weighted by atomic mass is 16.6. The van der Waals surface area contributed by atoms with E-state index in [0.717, 1.165) is 5.57 Å². The molecule has 1 unspecified atom stereocenters. The van der Waals surface area contributed by atoms with Gasteiger partial charge in [-0.15, -0.1) is 0 Å². The van der Waals surface area contributed by atoms with Gasteiger partial charge in [-0.2, -0.15) is 0 Å². The Balaban J connectivity index is 2.64. The molecule has 1 aliphatic heterocycles. The molecule has 0 fully saturated rings. The molecule has 1 atom stereocenters. The lowest BCUT2D eigenvalue weighted by Gasteiger charge is -2.26. The lowest BCUT2D eigenvalue weighted by molar-refractivity contribution is -0.159. The lowest BCUT2D eigenvalue weighted by Crippen LogP contribution is -2.42. The van der Waals surface area contributed by atoms with Gasteiger partial charge in [0.2, 0.25) is 0 Å². The Labute approximate surface area is 161 Å². The van der Waals surface area contributed by atoms with E-state index in [1.165, 1.54) is 11.8 Å². The third-order valence-corrected chi connectivity index (χ3v) is 4.33. The van der Waals surface area contributed by atoms with Crippen molar-refractivity contribution in [2.24, 2.45) is 0 Å². The van der Waals surface area contributed by atoms with Gasteiger partial charge in [-0.05, 0) is 46.6 Å². The number of Topliss-reactive ketones (excluding diaryl/α,β-unsaturated/α-hetero) is 2. The summed E-state index contributed by atoms with van der Waals surface area (Å²) in [4.78, 5) is 49.3. The molecule has 0 N–H and O–H groups in total. The zero-order valence-corrected chi connectivity index (χ0v) is 17.2. The van der Waals surface area contributed by atoms with Gasteiger partial charge in [-0.25, -0.2) is 4.79 Å². The average molecular weight is 381 g/mol. The van der Waals surface area contributed by atoms with E-state index in [1.54, 1.807) is 34.6 Å².